The fraction of sp³-hybridized carbons (Fsp3) is 0.600. The van der Waals surface area contributed by atoms with Crippen LogP contribution in [0.25, 0.3) is 0 Å². The van der Waals surface area contributed by atoms with Crippen molar-refractivity contribution in [1.82, 2.24) is 5.32 Å². The molecule has 1 aliphatic heterocycles. The highest BCUT2D eigenvalue weighted by molar-refractivity contribution is 7.53. The van der Waals surface area contributed by atoms with E-state index in [9.17, 15) is 9.46 Å². The molecule has 1 aliphatic rings. The molecule has 7 heteroatoms. The Morgan fingerprint density at radius 1 is 1.65 bits per heavy atom. The van der Waals surface area contributed by atoms with Crippen molar-refractivity contribution in [1.29, 1.82) is 0 Å². The largest absolute Gasteiger partial charge is 0.333 e. The molecule has 1 aromatic rings. The summed E-state index contributed by atoms with van der Waals surface area (Å²) in [4.78, 5) is 11.0. The summed E-state index contributed by atoms with van der Waals surface area (Å²) in [5, 5.41) is 5.16. The van der Waals surface area contributed by atoms with Gasteiger partial charge in [-0.3, -0.25) is 4.57 Å². The molecule has 0 aromatic carbocycles. The van der Waals surface area contributed by atoms with E-state index in [1.165, 1.54) is 0 Å². The number of halogens is 1. The topological polar surface area (TPSA) is 58.6 Å². The number of nitrogens with one attached hydrogen (secondary N) is 1. The van der Waals surface area contributed by atoms with Crippen molar-refractivity contribution < 1.29 is 14.0 Å². The molecule has 98 valence electrons. The molecular weight excluding hydrogens is 281 g/mol. The van der Waals surface area contributed by atoms with Crippen molar-refractivity contribution >= 4 is 31.3 Å². The summed E-state index contributed by atoms with van der Waals surface area (Å²) in [6, 6.07) is 3.99. The second-order valence-corrected chi connectivity index (χ2v) is 6.86. The van der Waals surface area contributed by atoms with Crippen LogP contribution in [0.2, 0.25) is 0 Å². The second kappa shape index (κ2) is 6.32. The molecule has 1 aromatic heterocycles. The molecule has 0 spiro atoms. The average Bonchev–Trinajstić information content (AvgIpc) is 2.88. The van der Waals surface area contributed by atoms with Crippen LogP contribution < -0.4 is 5.32 Å². The zero-order chi connectivity index (χ0) is 11.6. The third-order valence-electron chi connectivity index (χ3n) is 2.82. The van der Waals surface area contributed by atoms with Crippen LogP contribution in [-0.4, -0.2) is 30.2 Å². The number of rotatable bonds is 4. The Morgan fingerprint density at radius 2 is 2.41 bits per heavy atom. The maximum absolute atomic E-state index is 12.0. The van der Waals surface area contributed by atoms with Gasteiger partial charge in [-0.25, -0.2) is 0 Å². The molecule has 3 atom stereocenters. The van der Waals surface area contributed by atoms with E-state index < -0.39 is 7.60 Å². The van der Waals surface area contributed by atoms with Crippen LogP contribution in [0.15, 0.2) is 17.5 Å². The number of hydrogen-bond acceptors (Lipinski definition) is 4. The molecule has 4 nitrogen and oxygen atoms in total. The van der Waals surface area contributed by atoms with Gasteiger partial charge >= 0.3 is 7.60 Å². The van der Waals surface area contributed by atoms with Crippen molar-refractivity contribution in [2.24, 2.45) is 0 Å². The van der Waals surface area contributed by atoms with Crippen molar-refractivity contribution in [3.05, 3.63) is 22.4 Å². The minimum atomic E-state index is -3.49. The minimum absolute atomic E-state index is 0. The molecule has 0 amide bonds. The maximum Gasteiger partial charge on any atom is 0.333 e. The summed E-state index contributed by atoms with van der Waals surface area (Å²) < 4.78 is 17.0. The lowest BCUT2D eigenvalue weighted by Gasteiger charge is -2.22. The zero-order valence-corrected chi connectivity index (χ0v) is 12.1. The molecule has 0 aliphatic carbocycles. The van der Waals surface area contributed by atoms with Gasteiger partial charge in [0.05, 0.1) is 12.3 Å². The highest BCUT2D eigenvalue weighted by atomic mass is 35.5. The lowest BCUT2D eigenvalue weighted by atomic mass is 10.1. The lowest BCUT2D eigenvalue weighted by Crippen LogP contribution is -2.18. The molecule has 3 unspecified atom stereocenters. The molecule has 2 heterocycles. The Balaban J connectivity index is 0.00000144. The Bertz CT molecular complexity index is 387. The summed E-state index contributed by atoms with van der Waals surface area (Å²) in [5.74, 6) is 0.0994. The fourth-order valence-corrected chi connectivity index (χ4v) is 4.72. The van der Waals surface area contributed by atoms with Crippen molar-refractivity contribution in [2.75, 3.05) is 19.7 Å². The number of thiophene rings is 1. The third-order valence-corrected chi connectivity index (χ3v) is 5.84. The molecule has 2 N–H and O–H groups in total. The third kappa shape index (κ3) is 3.31. The van der Waals surface area contributed by atoms with E-state index in [0.29, 0.717) is 6.54 Å². The molecular formula is C10H17ClNO3PS. The standard InChI is InChI=1S/C10H16NO3PS.ClH/c1-2-14-15(12,13)9-7-11-6-8(9)10-4-3-5-16-10;/h3-5,8-9,11H,2,6-7H2,1H3,(H,12,13);1H. The molecule has 17 heavy (non-hydrogen) atoms. The first-order chi connectivity index (χ1) is 7.65. The smallest absolute Gasteiger partial charge is 0.324 e. The van der Waals surface area contributed by atoms with Gasteiger partial charge in [0, 0.05) is 23.9 Å². The molecule has 1 saturated heterocycles. The average molecular weight is 298 g/mol. The number of hydrogen-bond donors (Lipinski definition) is 2. The first-order valence-electron chi connectivity index (χ1n) is 5.36. The van der Waals surface area contributed by atoms with E-state index in [0.717, 1.165) is 11.4 Å². The van der Waals surface area contributed by atoms with Gasteiger partial charge in [-0.05, 0) is 18.4 Å². The first-order valence-corrected chi connectivity index (χ1v) is 7.89. The summed E-state index contributed by atoms with van der Waals surface area (Å²) >= 11 is 1.63. The van der Waals surface area contributed by atoms with Gasteiger partial charge in [0.25, 0.3) is 0 Å². The van der Waals surface area contributed by atoms with Crippen LogP contribution in [0, 0.1) is 0 Å². The van der Waals surface area contributed by atoms with Crippen LogP contribution >= 0.6 is 31.3 Å². The Kier molecular flexibility index (Phi) is 5.64. The van der Waals surface area contributed by atoms with E-state index in [1.54, 1.807) is 18.3 Å². The maximum atomic E-state index is 12.0. The van der Waals surface area contributed by atoms with Gasteiger partial charge in [-0.1, -0.05) is 6.07 Å². The second-order valence-electron chi connectivity index (χ2n) is 3.83. The lowest BCUT2D eigenvalue weighted by molar-refractivity contribution is 0.263. The Hall–Kier alpha value is 0.1000. The highest BCUT2D eigenvalue weighted by Crippen LogP contribution is 2.54. The first kappa shape index (κ1) is 15.2. The quantitative estimate of drug-likeness (QED) is 0.838. The van der Waals surface area contributed by atoms with E-state index >= 15 is 0 Å². The van der Waals surface area contributed by atoms with Crippen molar-refractivity contribution in [2.45, 2.75) is 18.5 Å². The van der Waals surface area contributed by atoms with E-state index in [2.05, 4.69) is 5.32 Å². The fourth-order valence-electron chi connectivity index (χ4n) is 2.08. The highest BCUT2D eigenvalue weighted by Gasteiger charge is 2.42. The summed E-state index contributed by atoms with van der Waals surface area (Å²) in [6.45, 7) is 3.33. The van der Waals surface area contributed by atoms with Gasteiger partial charge in [-0.15, -0.1) is 23.7 Å². The molecule has 0 bridgehead atoms. The SMILES string of the molecule is CCOP(=O)(O)C1CNCC1c1cccs1.Cl. The summed E-state index contributed by atoms with van der Waals surface area (Å²) in [6.07, 6.45) is 0. The Labute approximate surface area is 111 Å². The molecule has 0 radical (unpaired) electrons. The predicted octanol–water partition coefficient (Wildman–Crippen LogP) is 2.45. The van der Waals surface area contributed by atoms with Crippen LogP contribution in [0.4, 0.5) is 0 Å². The van der Waals surface area contributed by atoms with Gasteiger partial charge in [-0.2, -0.15) is 0 Å². The predicted molar refractivity (Wildman–Crippen MR) is 72.4 cm³/mol. The molecule has 2 rings (SSSR count). The zero-order valence-electron chi connectivity index (χ0n) is 9.54. The van der Waals surface area contributed by atoms with E-state index in [4.69, 9.17) is 4.52 Å². The van der Waals surface area contributed by atoms with Crippen LogP contribution in [0.3, 0.4) is 0 Å². The Morgan fingerprint density at radius 3 is 3.00 bits per heavy atom. The molecule has 0 saturated carbocycles. The van der Waals surface area contributed by atoms with Crippen LogP contribution in [0.1, 0.15) is 17.7 Å². The molecule has 1 fully saturated rings. The van der Waals surface area contributed by atoms with Crippen molar-refractivity contribution in [3.8, 4) is 0 Å². The van der Waals surface area contributed by atoms with E-state index in [-0.39, 0.29) is 30.6 Å². The van der Waals surface area contributed by atoms with E-state index in [1.807, 2.05) is 17.5 Å². The van der Waals surface area contributed by atoms with Gasteiger partial charge < -0.3 is 14.7 Å². The monoisotopic (exact) mass is 297 g/mol. The van der Waals surface area contributed by atoms with Crippen LogP contribution in [-0.2, 0) is 9.09 Å². The summed E-state index contributed by atoms with van der Waals surface area (Å²) in [5.41, 5.74) is -0.314. The van der Waals surface area contributed by atoms with Gasteiger partial charge in [0.15, 0.2) is 0 Å². The van der Waals surface area contributed by atoms with Gasteiger partial charge in [0.2, 0.25) is 0 Å². The summed E-state index contributed by atoms with van der Waals surface area (Å²) in [7, 11) is -3.49. The minimum Gasteiger partial charge on any atom is -0.324 e. The van der Waals surface area contributed by atoms with Crippen LogP contribution in [0.5, 0.6) is 0 Å². The van der Waals surface area contributed by atoms with Gasteiger partial charge in [0.1, 0.15) is 0 Å². The van der Waals surface area contributed by atoms with Crippen molar-refractivity contribution in [3.63, 3.8) is 0 Å². The normalized spacial score (nSPS) is 27.4.